The van der Waals surface area contributed by atoms with Crippen LogP contribution < -0.4 is 48.7 Å². The van der Waals surface area contributed by atoms with Crippen molar-refractivity contribution in [2.45, 2.75) is 120 Å². The average Bonchev–Trinajstić information content (AvgIpc) is 4.23. The summed E-state index contributed by atoms with van der Waals surface area (Å²) < 4.78 is 30.7. The quantitative estimate of drug-likeness (QED) is 0.0344. The van der Waals surface area contributed by atoms with Gasteiger partial charge in [-0.25, -0.2) is 9.59 Å². The fourth-order valence-electron chi connectivity index (χ4n) is 6.54. The fourth-order valence-corrected chi connectivity index (χ4v) is 6.54. The van der Waals surface area contributed by atoms with Crippen LogP contribution in [-0.2, 0) is 47.6 Å². The molecule has 6 amide bonds. The van der Waals surface area contributed by atoms with Gasteiger partial charge in [0.1, 0.15) is 19.3 Å². The molecule has 0 aromatic rings. The highest BCUT2D eigenvalue weighted by molar-refractivity contribution is 5.86. The van der Waals surface area contributed by atoms with Crippen LogP contribution in [0, 0.1) is 0 Å². The van der Waals surface area contributed by atoms with Crippen LogP contribution in [0.1, 0.15) is 89.9 Å². The van der Waals surface area contributed by atoms with Crippen LogP contribution in [0.5, 0.6) is 0 Å². The van der Waals surface area contributed by atoms with Crippen LogP contribution >= 0.6 is 0 Å². The Labute approximate surface area is 385 Å². The van der Waals surface area contributed by atoms with E-state index in [1.54, 1.807) is 19.1 Å². The standard InChI is InChI=1S/C43H82N10O12/c1-60-25-27-62-29-31-64-42(58)49-19-8-5-11-37(52-43(59)65-32-30-63-28-26-61-2)41(57)48-20-16-38(54)53(23-21-46-17-6-3-9-35(39(44)55)50-33-12-13-33)24-22-47-18-7-4-10-36(40(45)56)51-34-14-15-34/h33-37,46-47,50-51H,3-32H2,1-2H3,(H2,44,55)(H2,45,56)(H,48,57)(H,49,58)(H,52,59). The third kappa shape index (κ3) is 31.6. The van der Waals surface area contributed by atoms with E-state index in [1.165, 1.54) is 0 Å². The topological polar surface area (TPSA) is 297 Å². The number of ether oxygens (including phenoxy) is 6. The highest BCUT2D eigenvalue weighted by Crippen LogP contribution is 2.21. The lowest BCUT2D eigenvalue weighted by molar-refractivity contribution is -0.131. The van der Waals surface area contributed by atoms with E-state index in [4.69, 9.17) is 39.9 Å². The molecule has 2 aliphatic rings. The van der Waals surface area contributed by atoms with Crippen LogP contribution in [-0.4, -0.2) is 190 Å². The molecule has 376 valence electrons. The summed E-state index contributed by atoms with van der Waals surface area (Å²) in [6.45, 7) is 5.83. The zero-order valence-corrected chi connectivity index (χ0v) is 39.1. The minimum atomic E-state index is -0.960. The number of unbranched alkanes of at least 4 members (excludes halogenated alkanes) is 3. The van der Waals surface area contributed by atoms with Gasteiger partial charge in [-0.2, -0.15) is 0 Å². The van der Waals surface area contributed by atoms with E-state index in [0.29, 0.717) is 90.4 Å². The number of amides is 6. The monoisotopic (exact) mass is 931 g/mol. The summed E-state index contributed by atoms with van der Waals surface area (Å²) in [6, 6.07) is -0.796. The molecule has 11 N–H and O–H groups in total. The van der Waals surface area contributed by atoms with E-state index in [9.17, 15) is 28.8 Å². The van der Waals surface area contributed by atoms with Crippen molar-refractivity contribution >= 4 is 35.8 Å². The molecule has 0 aromatic carbocycles. The van der Waals surface area contributed by atoms with Gasteiger partial charge in [-0.15, -0.1) is 0 Å². The van der Waals surface area contributed by atoms with Crippen LogP contribution in [0.3, 0.4) is 0 Å². The van der Waals surface area contributed by atoms with Crippen molar-refractivity contribution in [1.82, 2.24) is 42.1 Å². The number of hydrogen-bond donors (Lipinski definition) is 9. The Hall–Kier alpha value is -3.90. The van der Waals surface area contributed by atoms with Gasteiger partial charge in [0.2, 0.25) is 23.6 Å². The maximum absolute atomic E-state index is 13.6. The average molecular weight is 931 g/mol. The molecule has 0 aliphatic heterocycles. The van der Waals surface area contributed by atoms with Crippen molar-refractivity contribution in [2.75, 3.05) is 119 Å². The number of methoxy groups -OCH3 is 2. The molecule has 3 unspecified atom stereocenters. The third-order valence-corrected chi connectivity index (χ3v) is 10.6. The summed E-state index contributed by atoms with van der Waals surface area (Å²) in [6.07, 6.45) is 8.90. The predicted octanol–water partition coefficient (Wildman–Crippen LogP) is -0.630. The molecule has 3 atom stereocenters. The molecule has 2 rings (SSSR count). The lowest BCUT2D eigenvalue weighted by atomic mass is 10.1. The van der Waals surface area contributed by atoms with Crippen LogP contribution in [0.25, 0.3) is 0 Å². The third-order valence-electron chi connectivity index (χ3n) is 10.6. The largest absolute Gasteiger partial charge is 0.447 e. The van der Waals surface area contributed by atoms with Crippen molar-refractivity contribution in [3.8, 4) is 0 Å². The number of primary amides is 2. The number of nitrogens with two attached hydrogens (primary N) is 2. The van der Waals surface area contributed by atoms with Gasteiger partial charge in [-0.05, 0) is 83.7 Å². The molecule has 2 saturated carbocycles. The number of nitrogens with one attached hydrogen (secondary N) is 7. The van der Waals surface area contributed by atoms with E-state index in [1.807, 2.05) is 0 Å². The van der Waals surface area contributed by atoms with Crippen molar-refractivity contribution in [3.05, 3.63) is 0 Å². The van der Waals surface area contributed by atoms with Crippen LogP contribution in [0.15, 0.2) is 0 Å². The van der Waals surface area contributed by atoms with Gasteiger partial charge in [-0.3, -0.25) is 19.2 Å². The first-order valence-corrected chi connectivity index (χ1v) is 23.6. The van der Waals surface area contributed by atoms with Crippen molar-refractivity contribution in [2.24, 2.45) is 11.5 Å². The summed E-state index contributed by atoms with van der Waals surface area (Å²) in [5, 5.41) is 21.5. The van der Waals surface area contributed by atoms with E-state index in [-0.39, 0.29) is 82.2 Å². The Kier molecular flexibility index (Phi) is 32.8. The number of hydrogen-bond acceptors (Lipinski definition) is 16. The highest BCUT2D eigenvalue weighted by atomic mass is 16.6. The lowest BCUT2D eigenvalue weighted by Crippen LogP contribution is -2.48. The molecular weight excluding hydrogens is 849 g/mol. The highest BCUT2D eigenvalue weighted by Gasteiger charge is 2.28. The van der Waals surface area contributed by atoms with E-state index in [2.05, 4.69) is 37.2 Å². The van der Waals surface area contributed by atoms with Crippen molar-refractivity contribution in [3.63, 3.8) is 0 Å². The Bertz CT molecular complexity index is 1280. The molecule has 2 aliphatic carbocycles. The van der Waals surface area contributed by atoms with Gasteiger partial charge in [0, 0.05) is 72.0 Å². The predicted molar refractivity (Wildman–Crippen MR) is 243 cm³/mol. The molecule has 0 spiro atoms. The van der Waals surface area contributed by atoms with Gasteiger partial charge < -0.3 is 82.0 Å². The number of nitrogens with zero attached hydrogens (tertiary/aromatic N) is 1. The Morgan fingerprint density at radius 3 is 1.48 bits per heavy atom. The molecule has 0 saturated heterocycles. The minimum absolute atomic E-state index is 0.0252. The molecule has 0 bridgehead atoms. The first kappa shape index (κ1) is 57.2. The summed E-state index contributed by atoms with van der Waals surface area (Å²) in [5.41, 5.74) is 11.2. The van der Waals surface area contributed by atoms with E-state index < -0.39 is 24.1 Å². The molecule has 0 heterocycles. The molecule has 65 heavy (non-hydrogen) atoms. The molecule has 0 radical (unpaired) electrons. The summed E-state index contributed by atoms with van der Waals surface area (Å²) in [5.74, 6) is -1.26. The van der Waals surface area contributed by atoms with Crippen molar-refractivity contribution in [1.29, 1.82) is 0 Å². The lowest BCUT2D eigenvalue weighted by Gasteiger charge is -2.24. The normalized spacial score (nSPS) is 14.8. The second-order valence-corrected chi connectivity index (χ2v) is 16.3. The van der Waals surface area contributed by atoms with Gasteiger partial charge in [0.25, 0.3) is 0 Å². The number of alkyl carbamates (subject to hydrolysis) is 2. The second-order valence-electron chi connectivity index (χ2n) is 16.3. The first-order chi connectivity index (χ1) is 31.5. The number of carbonyl (C=O) groups excluding carboxylic acids is 6. The zero-order chi connectivity index (χ0) is 47.3. The maximum atomic E-state index is 13.6. The molecule has 22 nitrogen and oxygen atoms in total. The second kappa shape index (κ2) is 37.2. The number of carbonyl (C=O) groups is 6. The van der Waals surface area contributed by atoms with Gasteiger partial charge >= 0.3 is 12.2 Å². The van der Waals surface area contributed by atoms with E-state index >= 15 is 0 Å². The van der Waals surface area contributed by atoms with Gasteiger partial charge in [0.05, 0.1) is 51.7 Å². The number of rotatable bonds is 44. The van der Waals surface area contributed by atoms with Crippen LogP contribution in [0.4, 0.5) is 9.59 Å². The molecule has 2 fully saturated rings. The zero-order valence-electron chi connectivity index (χ0n) is 39.1. The molecular formula is C43H82N10O12. The Morgan fingerprint density at radius 2 is 1.00 bits per heavy atom. The minimum Gasteiger partial charge on any atom is -0.447 e. The SMILES string of the molecule is COCCOCCOC(=O)NCCCCC(NC(=O)OCCOCCOC)C(=O)NCCC(=O)N(CCNCCCCC(NC1CC1)C(N)=O)CCNCCCCC(NC1CC1)C(N)=O. The maximum Gasteiger partial charge on any atom is 0.407 e. The Morgan fingerprint density at radius 1 is 0.538 bits per heavy atom. The van der Waals surface area contributed by atoms with Gasteiger partial charge in [-0.1, -0.05) is 12.8 Å². The van der Waals surface area contributed by atoms with E-state index in [0.717, 1.165) is 64.5 Å². The fraction of sp³-hybridized carbons (Fsp3) is 0.860. The summed E-state index contributed by atoms with van der Waals surface area (Å²) in [4.78, 5) is 77.0. The molecule has 22 heteroatoms. The smallest absolute Gasteiger partial charge is 0.407 e. The van der Waals surface area contributed by atoms with Crippen molar-refractivity contribution < 1.29 is 57.2 Å². The molecule has 0 aromatic heterocycles. The Balaban J connectivity index is 1.85. The first-order valence-electron chi connectivity index (χ1n) is 23.6. The summed E-state index contributed by atoms with van der Waals surface area (Å²) >= 11 is 0. The summed E-state index contributed by atoms with van der Waals surface area (Å²) in [7, 11) is 3.12. The van der Waals surface area contributed by atoms with Gasteiger partial charge in [0.15, 0.2) is 0 Å². The van der Waals surface area contributed by atoms with Crippen LogP contribution in [0.2, 0.25) is 0 Å².